The molecule has 3 rings (SSSR count). The maximum atomic E-state index is 13.9. The Kier molecular flexibility index (Phi) is 6.80. The summed E-state index contributed by atoms with van der Waals surface area (Å²) >= 11 is 0. The van der Waals surface area contributed by atoms with E-state index in [4.69, 9.17) is 14.2 Å². The van der Waals surface area contributed by atoms with Crippen LogP contribution in [0.25, 0.3) is 0 Å². The van der Waals surface area contributed by atoms with Gasteiger partial charge in [0.15, 0.2) is 5.60 Å². The van der Waals surface area contributed by atoms with Crippen LogP contribution in [0.5, 0.6) is 0 Å². The van der Waals surface area contributed by atoms with E-state index in [9.17, 15) is 18.0 Å². The van der Waals surface area contributed by atoms with Crippen molar-refractivity contribution in [1.82, 2.24) is 4.31 Å². The first-order valence-electron chi connectivity index (χ1n) is 12.4. The van der Waals surface area contributed by atoms with Crippen LogP contribution in [-0.4, -0.2) is 61.0 Å². The molecule has 34 heavy (non-hydrogen) atoms. The molecule has 196 valence electrons. The number of sulfonamides is 1. The molecule has 1 spiro atoms. The Hall–Kier alpha value is -1.19. The summed E-state index contributed by atoms with van der Waals surface area (Å²) in [7, 11) is -2.39. The molecule has 6 atom stereocenters. The molecule has 2 unspecified atom stereocenters. The number of ether oxygens (including phenoxy) is 3. The molecule has 1 saturated heterocycles. The van der Waals surface area contributed by atoms with Gasteiger partial charge in [0.05, 0.1) is 24.2 Å². The third kappa shape index (κ3) is 3.63. The van der Waals surface area contributed by atoms with Crippen molar-refractivity contribution in [2.24, 2.45) is 28.6 Å². The summed E-state index contributed by atoms with van der Waals surface area (Å²) < 4.78 is 46.9. The Labute approximate surface area is 205 Å². The van der Waals surface area contributed by atoms with Gasteiger partial charge in [-0.3, -0.25) is 4.79 Å². The monoisotopic (exact) mass is 501 g/mol. The van der Waals surface area contributed by atoms with Gasteiger partial charge in [-0.2, -0.15) is 4.31 Å². The van der Waals surface area contributed by atoms with Gasteiger partial charge in [-0.1, -0.05) is 27.7 Å². The van der Waals surface area contributed by atoms with Gasteiger partial charge in [0.2, 0.25) is 15.8 Å². The van der Waals surface area contributed by atoms with Crippen LogP contribution in [-0.2, 0) is 33.8 Å². The second-order valence-corrected chi connectivity index (χ2v) is 13.8. The largest absolute Gasteiger partial charge is 0.469 e. The van der Waals surface area contributed by atoms with E-state index in [-0.39, 0.29) is 23.8 Å². The minimum atomic E-state index is -3.70. The van der Waals surface area contributed by atoms with E-state index in [1.165, 1.54) is 7.11 Å². The highest BCUT2D eigenvalue weighted by Gasteiger charge is 2.79. The molecule has 0 aromatic rings. The zero-order chi connectivity index (χ0) is 26.1. The number of esters is 2. The van der Waals surface area contributed by atoms with Crippen LogP contribution in [0, 0.1) is 28.6 Å². The topological polar surface area (TPSA) is 99.2 Å². The van der Waals surface area contributed by atoms with Gasteiger partial charge in [0, 0.05) is 24.4 Å². The summed E-state index contributed by atoms with van der Waals surface area (Å²) in [6.07, 6.45) is 1.91. The predicted molar refractivity (Wildman–Crippen MR) is 128 cm³/mol. The van der Waals surface area contributed by atoms with Crippen molar-refractivity contribution in [3.8, 4) is 0 Å². The van der Waals surface area contributed by atoms with Crippen LogP contribution < -0.4 is 0 Å². The molecule has 0 aromatic carbocycles. The lowest BCUT2D eigenvalue weighted by Gasteiger charge is -2.48. The molecule has 0 N–H and O–H groups in total. The van der Waals surface area contributed by atoms with Crippen molar-refractivity contribution >= 4 is 22.0 Å². The molecule has 0 aromatic heterocycles. The average Bonchev–Trinajstić information content (AvgIpc) is 3.17. The van der Waals surface area contributed by atoms with Crippen molar-refractivity contribution in [1.29, 1.82) is 0 Å². The summed E-state index contributed by atoms with van der Waals surface area (Å²) in [5.41, 5.74) is -2.70. The predicted octanol–water partition coefficient (Wildman–Crippen LogP) is 3.73. The molecule has 2 saturated carbocycles. The lowest BCUT2D eigenvalue weighted by molar-refractivity contribution is -0.260. The number of carbonyl (C=O) groups excluding carboxylic acids is 2. The zero-order valence-electron chi connectivity index (χ0n) is 22.4. The normalized spacial score (nSPS) is 36.5. The number of methoxy groups -OCH3 is 1. The van der Waals surface area contributed by atoms with E-state index in [0.29, 0.717) is 12.8 Å². The number of fused-ring (bicyclic) bond motifs is 3. The Balaban J connectivity index is 2.07. The standard InChI is InChI=1S/C25H43NO7S/c1-15(2)26(16(3)4)34(29,30)14-24-12-11-19(22(24,7)8)13-25(24)32-21(28)23(9,33-25)18(6)17(5)20(27)31-10/h15-19H,11-14H2,1-10H3/t17?,18-,19?,23+,24-,25+/m0/s1. The van der Waals surface area contributed by atoms with E-state index < -0.39 is 56.0 Å². The Bertz CT molecular complexity index is 937. The molecule has 2 bridgehead atoms. The summed E-state index contributed by atoms with van der Waals surface area (Å²) in [6, 6.07) is -0.394. The third-order valence-corrected chi connectivity index (χ3v) is 11.8. The lowest BCUT2D eigenvalue weighted by Crippen LogP contribution is -2.58. The fourth-order valence-corrected chi connectivity index (χ4v) is 9.92. The molecule has 9 heteroatoms. The SMILES string of the molecule is COC(=O)C(C)[C@H](C)[C@@]1(C)O[C@@]2(CC3CC[C@]2(CS(=O)(=O)N(C(C)C)C(C)C)C3(C)C)OC1=O. The van der Waals surface area contributed by atoms with E-state index in [0.717, 1.165) is 6.42 Å². The molecule has 0 radical (unpaired) electrons. The van der Waals surface area contributed by atoms with Gasteiger partial charge in [0.1, 0.15) is 0 Å². The molecule has 3 aliphatic rings. The molecule has 8 nitrogen and oxygen atoms in total. The Morgan fingerprint density at radius 3 is 2.15 bits per heavy atom. The van der Waals surface area contributed by atoms with Gasteiger partial charge in [-0.05, 0) is 58.8 Å². The van der Waals surface area contributed by atoms with Crippen molar-refractivity contribution in [2.75, 3.05) is 12.9 Å². The van der Waals surface area contributed by atoms with Crippen molar-refractivity contribution in [2.45, 2.75) is 105 Å². The second kappa shape index (κ2) is 8.44. The summed E-state index contributed by atoms with van der Waals surface area (Å²) in [5, 5.41) is 0. The number of carbonyl (C=O) groups is 2. The molecular weight excluding hydrogens is 458 g/mol. The maximum Gasteiger partial charge on any atom is 0.341 e. The van der Waals surface area contributed by atoms with E-state index in [1.807, 2.05) is 27.7 Å². The Morgan fingerprint density at radius 1 is 1.12 bits per heavy atom. The minimum absolute atomic E-state index is 0.149. The fraction of sp³-hybridized carbons (Fsp3) is 0.920. The minimum Gasteiger partial charge on any atom is -0.469 e. The van der Waals surface area contributed by atoms with Crippen molar-refractivity contribution < 1.29 is 32.2 Å². The summed E-state index contributed by atoms with van der Waals surface area (Å²) in [4.78, 5) is 25.6. The maximum absolute atomic E-state index is 13.9. The highest BCUT2D eigenvalue weighted by atomic mass is 32.2. The van der Waals surface area contributed by atoms with Crippen LogP contribution in [0.2, 0.25) is 0 Å². The van der Waals surface area contributed by atoms with Crippen LogP contribution in [0.1, 0.15) is 81.6 Å². The van der Waals surface area contributed by atoms with E-state index in [2.05, 4.69) is 13.8 Å². The quantitative estimate of drug-likeness (QED) is 0.467. The molecule has 2 aliphatic carbocycles. The van der Waals surface area contributed by atoms with Crippen LogP contribution in [0.15, 0.2) is 0 Å². The molecule has 0 amide bonds. The number of nitrogens with zero attached hydrogens (tertiary/aromatic N) is 1. The fourth-order valence-electron chi connectivity index (χ4n) is 7.13. The molecule has 1 aliphatic heterocycles. The smallest absolute Gasteiger partial charge is 0.341 e. The van der Waals surface area contributed by atoms with Crippen molar-refractivity contribution in [3.63, 3.8) is 0 Å². The van der Waals surface area contributed by atoms with Crippen molar-refractivity contribution in [3.05, 3.63) is 0 Å². The van der Waals surface area contributed by atoms with Crippen LogP contribution in [0.3, 0.4) is 0 Å². The van der Waals surface area contributed by atoms with Crippen LogP contribution >= 0.6 is 0 Å². The van der Waals surface area contributed by atoms with Gasteiger partial charge < -0.3 is 14.2 Å². The summed E-state index contributed by atoms with van der Waals surface area (Å²) in [6.45, 7) is 16.8. The number of hydrogen-bond donors (Lipinski definition) is 0. The van der Waals surface area contributed by atoms with E-state index >= 15 is 0 Å². The molecule has 1 heterocycles. The average molecular weight is 502 g/mol. The first-order valence-corrected chi connectivity index (χ1v) is 14.1. The third-order valence-electron chi connectivity index (χ3n) is 9.42. The van der Waals surface area contributed by atoms with E-state index in [1.54, 1.807) is 25.1 Å². The van der Waals surface area contributed by atoms with Gasteiger partial charge >= 0.3 is 11.9 Å². The first-order chi connectivity index (χ1) is 15.4. The Morgan fingerprint density at radius 2 is 1.68 bits per heavy atom. The zero-order valence-corrected chi connectivity index (χ0v) is 23.2. The highest BCUT2D eigenvalue weighted by Crippen LogP contribution is 2.73. The highest BCUT2D eigenvalue weighted by molar-refractivity contribution is 7.89. The number of rotatable bonds is 8. The number of hydrogen-bond acceptors (Lipinski definition) is 7. The summed E-state index contributed by atoms with van der Waals surface area (Å²) in [5.74, 6) is -3.42. The van der Waals surface area contributed by atoms with Gasteiger partial charge in [0.25, 0.3) is 0 Å². The second-order valence-electron chi connectivity index (χ2n) is 12.0. The van der Waals surface area contributed by atoms with Gasteiger partial charge in [-0.15, -0.1) is 0 Å². The molecular formula is C25H43NO7S. The van der Waals surface area contributed by atoms with Crippen LogP contribution in [0.4, 0.5) is 0 Å². The first kappa shape index (κ1) is 27.4. The van der Waals surface area contributed by atoms with Gasteiger partial charge in [-0.25, -0.2) is 13.2 Å². The lowest BCUT2D eigenvalue weighted by atomic mass is 9.68. The molecule has 3 fully saturated rings.